The minimum Gasteiger partial charge on any atom is -0.341 e. The number of nitrogens with zero attached hydrogens (tertiary/aromatic N) is 1. The van der Waals surface area contributed by atoms with Crippen LogP contribution in [0.5, 0.6) is 0 Å². The van der Waals surface area contributed by atoms with E-state index >= 15 is 0 Å². The van der Waals surface area contributed by atoms with Crippen molar-refractivity contribution in [2.24, 2.45) is 16.7 Å². The van der Waals surface area contributed by atoms with Gasteiger partial charge in [0, 0.05) is 23.9 Å². The van der Waals surface area contributed by atoms with Crippen molar-refractivity contribution < 1.29 is 4.79 Å². The second kappa shape index (κ2) is 2.74. The zero-order valence-corrected chi connectivity index (χ0v) is 9.76. The molecule has 0 bridgehead atoms. The Hall–Kier alpha value is -0.530. The fraction of sp³-hybridized carbons (Fsp3) is 0.917. The Labute approximate surface area is 86.7 Å². The highest BCUT2D eigenvalue weighted by Crippen LogP contribution is 2.53. The van der Waals surface area contributed by atoms with Crippen LogP contribution in [0.25, 0.3) is 0 Å². The summed E-state index contributed by atoms with van der Waals surface area (Å²) < 4.78 is 0. The van der Waals surface area contributed by atoms with E-state index in [4.69, 9.17) is 0 Å². The molecule has 2 aliphatic rings. The molecule has 1 saturated heterocycles. The summed E-state index contributed by atoms with van der Waals surface area (Å²) in [5.74, 6) is 0.774. The van der Waals surface area contributed by atoms with E-state index in [9.17, 15) is 4.79 Å². The number of carbonyl (C=O) groups excluding carboxylic acids is 1. The average molecular weight is 195 g/mol. The molecular weight excluding hydrogens is 174 g/mol. The first-order valence-corrected chi connectivity index (χ1v) is 5.67. The number of likely N-dealkylation sites (tertiary alicyclic amines) is 1. The summed E-state index contributed by atoms with van der Waals surface area (Å²) in [7, 11) is 0. The molecule has 2 nitrogen and oxygen atoms in total. The lowest BCUT2D eigenvalue weighted by Crippen LogP contribution is -2.56. The van der Waals surface area contributed by atoms with Crippen LogP contribution in [0, 0.1) is 16.7 Å². The van der Waals surface area contributed by atoms with Gasteiger partial charge in [0.25, 0.3) is 0 Å². The highest BCUT2D eigenvalue weighted by molar-refractivity contribution is 5.83. The van der Waals surface area contributed by atoms with E-state index in [2.05, 4.69) is 27.7 Å². The average Bonchev–Trinajstić information content (AvgIpc) is 2.78. The molecule has 14 heavy (non-hydrogen) atoms. The van der Waals surface area contributed by atoms with Crippen molar-refractivity contribution in [3.05, 3.63) is 0 Å². The van der Waals surface area contributed by atoms with E-state index < -0.39 is 0 Å². The normalized spacial score (nSPS) is 23.9. The maximum absolute atomic E-state index is 12.1. The van der Waals surface area contributed by atoms with Gasteiger partial charge in [0.2, 0.25) is 5.91 Å². The van der Waals surface area contributed by atoms with Crippen LogP contribution >= 0.6 is 0 Å². The molecule has 0 radical (unpaired) electrons. The molecule has 2 rings (SSSR count). The Morgan fingerprint density at radius 1 is 1.29 bits per heavy atom. The molecule has 0 unspecified atom stereocenters. The lowest BCUT2D eigenvalue weighted by atomic mass is 9.78. The number of hydrogen-bond acceptors (Lipinski definition) is 1. The van der Waals surface area contributed by atoms with Crippen molar-refractivity contribution in [3.63, 3.8) is 0 Å². The summed E-state index contributed by atoms with van der Waals surface area (Å²) >= 11 is 0. The molecule has 0 N–H and O–H groups in total. The largest absolute Gasteiger partial charge is 0.341 e. The van der Waals surface area contributed by atoms with E-state index in [1.165, 1.54) is 12.8 Å². The topological polar surface area (TPSA) is 20.3 Å². The van der Waals surface area contributed by atoms with Crippen molar-refractivity contribution in [1.29, 1.82) is 0 Å². The van der Waals surface area contributed by atoms with Crippen LogP contribution in [0.2, 0.25) is 0 Å². The predicted octanol–water partition coefficient (Wildman–Crippen LogP) is 2.29. The highest BCUT2D eigenvalue weighted by Gasteiger charge is 2.55. The second-order valence-corrected chi connectivity index (χ2v) is 6.04. The number of carbonyl (C=O) groups is 1. The minimum absolute atomic E-state index is 0.184. The fourth-order valence-electron chi connectivity index (χ4n) is 2.05. The van der Waals surface area contributed by atoms with Gasteiger partial charge in [0.1, 0.15) is 0 Å². The predicted molar refractivity (Wildman–Crippen MR) is 56.9 cm³/mol. The molecule has 1 saturated carbocycles. The second-order valence-electron chi connectivity index (χ2n) is 6.04. The first kappa shape index (κ1) is 10.0. The molecule has 0 atom stereocenters. The Balaban J connectivity index is 1.95. The van der Waals surface area contributed by atoms with Crippen LogP contribution in [0.4, 0.5) is 0 Å². The van der Waals surface area contributed by atoms with Crippen LogP contribution in [0.3, 0.4) is 0 Å². The molecule has 1 aliphatic carbocycles. The van der Waals surface area contributed by atoms with Crippen LogP contribution < -0.4 is 0 Å². The summed E-state index contributed by atoms with van der Waals surface area (Å²) in [6.45, 7) is 10.5. The van der Waals surface area contributed by atoms with Gasteiger partial charge in [-0.2, -0.15) is 0 Å². The summed E-state index contributed by atoms with van der Waals surface area (Å²) in [6, 6.07) is 0. The maximum Gasteiger partial charge on any atom is 0.228 e. The van der Waals surface area contributed by atoms with E-state index in [1.807, 2.05) is 4.90 Å². The van der Waals surface area contributed by atoms with Crippen molar-refractivity contribution in [3.8, 4) is 0 Å². The zero-order valence-electron chi connectivity index (χ0n) is 9.76. The van der Waals surface area contributed by atoms with E-state index in [1.54, 1.807) is 0 Å². The van der Waals surface area contributed by atoms with Crippen molar-refractivity contribution in [2.75, 3.05) is 13.1 Å². The van der Waals surface area contributed by atoms with Crippen molar-refractivity contribution in [1.82, 2.24) is 4.90 Å². The van der Waals surface area contributed by atoms with Crippen LogP contribution in [0.1, 0.15) is 40.5 Å². The third-order valence-corrected chi connectivity index (χ3v) is 4.29. The quantitative estimate of drug-likeness (QED) is 0.662. The summed E-state index contributed by atoms with van der Waals surface area (Å²) in [5, 5.41) is 0. The minimum atomic E-state index is -0.184. The van der Waals surface area contributed by atoms with Gasteiger partial charge in [-0.05, 0) is 18.8 Å². The van der Waals surface area contributed by atoms with Crippen molar-refractivity contribution in [2.45, 2.75) is 40.5 Å². The van der Waals surface area contributed by atoms with Gasteiger partial charge in [0.15, 0.2) is 0 Å². The lowest BCUT2D eigenvalue weighted by molar-refractivity contribution is -0.150. The summed E-state index contributed by atoms with van der Waals surface area (Å²) in [5.41, 5.74) is 0.402. The summed E-state index contributed by atoms with van der Waals surface area (Å²) in [4.78, 5) is 14.2. The smallest absolute Gasteiger partial charge is 0.228 e. The van der Waals surface area contributed by atoms with Gasteiger partial charge in [-0.25, -0.2) is 0 Å². The summed E-state index contributed by atoms with van der Waals surface area (Å²) in [6.07, 6.45) is 2.69. The first-order valence-electron chi connectivity index (χ1n) is 5.67. The standard InChI is InChI=1S/C12H21NO/c1-9(2)11(3,4)10(14)13-7-12(8-13)5-6-12/h9H,5-8H2,1-4H3. The molecule has 1 spiro atoms. The third-order valence-electron chi connectivity index (χ3n) is 4.29. The van der Waals surface area contributed by atoms with Crippen LogP contribution in [0.15, 0.2) is 0 Å². The molecule has 80 valence electrons. The number of rotatable bonds is 2. The number of hydrogen-bond donors (Lipinski definition) is 0. The fourth-order valence-corrected chi connectivity index (χ4v) is 2.05. The van der Waals surface area contributed by atoms with E-state index in [0.29, 0.717) is 17.2 Å². The first-order chi connectivity index (χ1) is 6.37. The maximum atomic E-state index is 12.1. The zero-order chi connectivity index (χ0) is 10.6. The van der Waals surface area contributed by atoms with Gasteiger partial charge in [0.05, 0.1) is 0 Å². The molecule has 1 amide bonds. The SMILES string of the molecule is CC(C)C(C)(C)C(=O)N1CC2(CC2)C1. The van der Waals surface area contributed by atoms with E-state index in [0.717, 1.165) is 13.1 Å². The van der Waals surface area contributed by atoms with Crippen LogP contribution in [-0.4, -0.2) is 23.9 Å². The van der Waals surface area contributed by atoms with Gasteiger partial charge >= 0.3 is 0 Å². The van der Waals surface area contributed by atoms with Crippen LogP contribution in [-0.2, 0) is 4.79 Å². The van der Waals surface area contributed by atoms with E-state index in [-0.39, 0.29) is 5.41 Å². The molecule has 2 fully saturated rings. The molecule has 0 aromatic rings. The number of amides is 1. The third kappa shape index (κ3) is 1.35. The van der Waals surface area contributed by atoms with Crippen molar-refractivity contribution >= 4 is 5.91 Å². The Morgan fingerprint density at radius 3 is 2.14 bits per heavy atom. The molecule has 2 heteroatoms. The molecular formula is C12H21NO. The van der Waals surface area contributed by atoms with Gasteiger partial charge in [-0.3, -0.25) is 4.79 Å². The highest BCUT2D eigenvalue weighted by atomic mass is 16.2. The van der Waals surface area contributed by atoms with Gasteiger partial charge in [-0.1, -0.05) is 27.7 Å². The lowest BCUT2D eigenvalue weighted by Gasteiger charge is -2.45. The monoisotopic (exact) mass is 195 g/mol. The molecule has 0 aromatic heterocycles. The van der Waals surface area contributed by atoms with Gasteiger partial charge < -0.3 is 4.90 Å². The molecule has 1 heterocycles. The Bertz CT molecular complexity index is 255. The molecule has 0 aromatic carbocycles. The molecule has 1 aliphatic heterocycles. The van der Waals surface area contributed by atoms with Gasteiger partial charge in [-0.15, -0.1) is 0 Å². The Kier molecular flexibility index (Phi) is 1.96. The Morgan fingerprint density at radius 2 is 1.79 bits per heavy atom.